The van der Waals surface area contributed by atoms with Gasteiger partial charge in [-0.3, -0.25) is 0 Å². The van der Waals surface area contributed by atoms with Crippen LogP contribution in [0.25, 0.3) is 5.78 Å². The highest BCUT2D eigenvalue weighted by Crippen LogP contribution is 2.27. The van der Waals surface area contributed by atoms with Crippen molar-refractivity contribution >= 4 is 11.6 Å². The number of hydrogen-bond acceptors (Lipinski definition) is 5. The van der Waals surface area contributed by atoms with Crippen LogP contribution in [-0.4, -0.2) is 32.7 Å². The van der Waals surface area contributed by atoms with Crippen molar-refractivity contribution in [2.45, 2.75) is 32.9 Å². The molecule has 126 valence electrons. The number of rotatable bonds is 5. The fraction of sp³-hybridized carbons (Fsp3) is 0.353. The van der Waals surface area contributed by atoms with Gasteiger partial charge in [0.2, 0.25) is 0 Å². The maximum Gasteiger partial charge on any atom is 0.254 e. The number of fused-ring (bicyclic) bond motifs is 1. The quantitative estimate of drug-likeness (QED) is 0.779. The lowest BCUT2D eigenvalue weighted by molar-refractivity contribution is 0.0875. The van der Waals surface area contributed by atoms with Crippen molar-refractivity contribution < 1.29 is 9.13 Å². The number of ether oxygens (including phenoxy) is 1. The molecule has 0 radical (unpaired) electrons. The molecule has 0 saturated heterocycles. The van der Waals surface area contributed by atoms with Gasteiger partial charge in [-0.2, -0.15) is 14.6 Å². The lowest BCUT2D eigenvalue weighted by atomic mass is 10.0. The summed E-state index contributed by atoms with van der Waals surface area (Å²) in [5.74, 6) is 1.01. The highest BCUT2D eigenvalue weighted by Gasteiger charge is 2.23. The molecule has 7 heteroatoms. The van der Waals surface area contributed by atoms with E-state index >= 15 is 0 Å². The van der Waals surface area contributed by atoms with Gasteiger partial charge in [-0.1, -0.05) is 18.2 Å². The molecule has 6 nitrogen and oxygen atoms in total. The summed E-state index contributed by atoms with van der Waals surface area (Å²) in [6, 6.07) is 6.44. The van der Waals surface area contributed by atoms with Crippen LogP contribution in [0.4, 0.5) is 10.2 Å². The first-order chi connectivity index (χ1) is 11.5. The second-order valence-corrected chi connectivity index (χ2v) is 5.75. The zero-order valence-corrected chi connectivity index (χ0v) is 14.1. The highest BCUT2D eigenvalue weighted by molar-refractivity contribution is 5.52. The molecule has 0 amide bonds. The molecule has 2 heterocycles. The van der Waals surface area contributed by atoms with Crippen molar-refractivity contribution in [2.24, 2.45) is 0 Å². The Bertz CT molecular complexity index is 863. The Kier molecular flexibility index (Phi) is 4.44. The van der Waals surface area contributed by atoms with Gasteiger partial charge in [0.1, 0.15) is 24.1 Å². The molecule has 0 aliphatic carbocycles. The van der Waals surface area contributed by atoms with Crippen LogP contribution < -0.4 is 5.32 Å². The molecule has 2 unspecified atom stereocenters. The summed E-state index contributed by atoms with van der Waals surface area (Å²) < 4.78 is 21.3. The van der Waals surface area contributed by atoms with Gasteiger partial charge in [-0.05, 0) is 26.8 Å². The third-order valence-corrected chi connectivity index (χ3v) is 4.19. The van der Waals surface area contributed by atoms with E-state index in [1.807, 2.05) is 20.8 Å². The number of aryl methyl sites for hydroxylation is 1. The zero-order valence-electron chi connectivity index (χ0n) is 14.1. The third kappa shape index (κ3) is 2.82. The number of nitrogens with one attached hydrogen (secondary N) is 1. The van der Waals surface area contributed by atoms with E-state index in [4.69, 9.17) is 4.74 Å². The van der Waals surface area contributed by atoms with Gasteiger partial charge in [-0.15, -0.1) is 0 Å². The second-order valence-electron chi connectivity index (χ2n) is 5.75. The molecule has 2 aromatic heterocycles. The number of benzene rings is 1. The van der Waals surface area contributed by atoms with E-state index in [1.54, 1.807) is 29.8 Å². The van der Waals surface area contributed by atoms with Gasteiger partial charge in [0.15, 0.2) is 0 Å². The van der Waals surface area contributed by atoms with E-state index in [1.165, 1.54) is 12.4 Å². The number of methoxy groups -OCH3 is 1. The molecular formula is C17H20FN5O. The summed E-state index contributed by atoms with van der Waals surface area (Å²) in [6.45, 7) is 5.83. The van der Waals surface area contributed by atoms with Crippen LogP contribution in [0.5, 0.6) is 0 Å². The summed E-state index contributed by atoms with van der Waals surface area (Å²) in [5.41, 5.74) is 2.34. The molecule has 0 aliphatic heterocycles. The molecule has 1 aromatic carbocycles. The van der Waals surface area contributed by atoms with Gasteiger partial charge in [0.25, 0.3) is 5.78 Å². The first-order valence-electron chi connectivity index (χ1n) is 7.73. The van der Waals surface area contributed by atoms with E-state index in [0.29, 0.717) is 11.3 Å². The average Bonchev–Trinajstić information content (AvgIpc) is 3.02. The molecular weight excluding hydrogens is 309 g/mol. The van der Waals surface area contributed by atoms with Crippen LogP contribution in [0.1, 0.15) is 29.8 Å². The van der Waals surface area contributed by atoms with Gasteiger partial charge in [-0.25, -0.2) is 9.37 Å². The Hall–Kier alpha value is -2.54. The lowest BCUT2D eigenvalue weighted by Crippen LogP contribution is -2.28. The van der Waals surface area contributed by atoms with Crippen molar-refractivity contribution in [3.8, 4) is 0 Å². The molecule has 0 aliphatic rings. The number of anilines is 1. The minimum atomic E-state index is -0.447. The predicted molar refractivity (Wildman–Crippen MR) is 89.5 cm³/mol. The van der Waals surface area contributed by atoms with Crippen LogP contribution in [-0.2, 0) is 4.74 Å². The second kappa shape index (κ2) is 6.52. The van der Waals surface area contributed by atoms with Gasteiger partial charge in [0.05, 0.1) is 6.04 Å². The Morgan fingerprint density at radius 2 is 2.00 bits per heavy atom. The standard InChI is InChI=1S/C17H20FN5O/c1-10-11(2)22-17-19-9-20-23(17)16(10)21-12(3)15(24-4)13-7-5-6-8-14(13)18/h5-9,12,15,21H,1-4H3. The molecule has 3 rings (SSSR count). The van der Waals surface area contributed by atoms with Crippen LogP contribution in [0.15, 0.2) is 30.6 Å². The van der Waals surface area contributed by atoms with E-state index in [-0.39, 0.29) is 11.9 Å². The fourth-order valence-corrected chi connectivity index (χ4v) is 2.80. The maximum absolute atomic E-state index is 14.1. The van der Waals surface area contributed by atoms with Gasteiger partial charge < -0.3 is 10.1 Å². The summed E-state index contributed by atoms with van der Waals surface area (Å²) in [7, 11) is 1.57. The Morgan fingerprint density at radius 1 is 1.25 bits per heavy atom. The molecule has 0 spiro atoms. The smallest absolute Gasteiger partial charge is 0.254 e. The minimum Gasteiger partial charge on any atom is -0.375 e. The Labute approximate surface area is 139 Å². The highest BCUT2D eigenvalue weighted by atomic mass is 19.1. The third-order valence-electron chi connectivity index (χ3n) is 4.19. The zero-order chi connectivity index (χ0) is 17.3. The molecule has 0 saturated carbocycles. The Balaban J connectivity index is 1.97. The van der Waals surface area contributed by atoms with Crippen LogP contribution in [0, 0.1) is 19.7 Å². The predicted octanol–water partition coefficient (Wildman–Crippen LogP) is 3.07. The average molecular weight is 329 g/mol. The molecule has 0 bridgehead atoms. The SMILES string of the molecule is COC(c1ccccc1F)C(C)Nc1c(C)c(C)nc2ncnn12. The largest absolute Gasteiger partial charge is 0.375 e. The van der Waals surface area contributed by atoms with Crippen LogP contribution >= 0.6 is 0 Å². The molecule has 24 heavy (non-hydrogen) atoms. The molecule has 2 atom stereocenters. The van der Waals surface area contributed by atoms with E-state index in [2.05, 4.69) is 20.4 Å². The molecule has 3 aromatic rings. The van der Waals surface area contributed by atoms with Crippen molar-refractivity contribution in [2.75, 3.05) is 12.4 Å². The first-order valence-corrected chi connectivity index (χ1v) is 7.73. The number of aromatic nitrogens is 4. The van der Waals surface area contributed by atoms with Crippen LogP contribution in [0.3, 0.4) is 0 Å². The number of nitrogens with zero attached hydrogens (tertiary/aromatic N) is 4. The number of hydrogen-bond donors (Lipinski definition) is 1. The monoisotopic (exact) mass is 329 g/mol. The topological polar surface area (TPSA) is 64.3 Å². The summed E-state index contributed by atoms with van der Waals surface area (Å²) in [5, 5.41) is 7.60. The summed E-state index contributed by atoms with van der Waals surface area (Å²) >= 11 is 0. The minimum absolute atomic E-state index is 0.195. The lowest BCUT2D eigenvalue weighted by Gasteiger charge is -2.26. The van der Waals surface area contributed by atoms with Gasteiger partial charge in [0, 0.05) is 23.9 Å². The van der Waals surface area contributed by atoms with Gasteiger partial charge >= 0.3 is 0 Å². The summed E-state index contributed by atoms with van der Waals surface area (Å²) in [6.07, 6.45) is 1.01. The van der Waals surface area contributed by atoms with E-state index in [0.717, 1.165) is 17.1 Å². The normalized spacial score (nSPS) is 13.9. The maximum atomic E-state index is 14.1. The fourth-order valence-electron chi connectivity index (χ4n) is 2.80. The molecule has 1 N–H and O–H groups in total. The Morgan fingerprint density at radius 3 is 2.71 bits per heavy atom. The van der Waals surface area contributed by atoms with Crippen molar-refractivity contribution in [1.82, 2.24) is 19.6 Å². The van der Waals surface area contributed by atoms with Crippen molar-refractivity contribution in [1.29, 1.82) is 0 Å². The number of halogens is 1. The van der Waals surface area contributed by atoms with Crippen LogP contribution in [0.2, 0.25) is 0 Å². The van der Waals surface area contributed by atoms with Crippen molar-refractivity contribution in [3.63, 3.8) is 0 Å². The van der Waals surface area contributed by atoms with Crippen molar-refractivity contribution in [3.05, 3.63) is 53.2 Å². The summed E-state index contributed by atoms with van der Waals surface area (Å²) in [4.78, 5) is 8.53. The van der Waals surface area contributed by atoms with E-state index in [9.17, 15) is 4.39 Å². The molecule has 0 fully saturated rings. The van der Waals surface area contributed by atoms with E-state index < -0.39 is 6.10 Å². The first kappa shape index (κ1) is 16.3.